The Bertz CT molecular complexity index is 532. The first-order valence-electron chi connectivity index (χ1n) is 6.43. The van der Waals surface area contributed by atoms with Gasteiger partial charge in [0, 0.05) is 44.4 Å². The van der Waals surface area contributed by atoms with Crippen LogP contribution < -0.4 is 5.32 Å². The van der Waals surface area contributed by atoms with Gasteiger partial charge < -0.3 is 15.3 Å². The molecular formula is C13H17N3O4. The molecule has 1 aliphatic rings. The van der Waals surface area contributed by atoms with Gasteiger partial charge >= 0.3 is 0 Å². The molecule has 1 amide bonds. The number of carbonyl (C=O) groups is 1. The van der Waals surface area contributed by atoms with Crippen LogP contribution in [0.25, 0.3) is 0 Å². The number of nitro benzene ring substituents is 1. The fourth-order valence-electron chi connectivity index (χ4n) is 2.36. The Labute approximate surface area is 116 Å². The van der Waals surface area contributed by atoms with Crippen molar-refractivity contribution in [1.82, 2.24) is 4.90 Å². The summed E-state index contributed by atoms with van der Waals surface area (Å²) in [6.07, 6.45) is 0.724. The third-order valence-electron chi connectivity index (χ3n) is 3.54. The predicted octanol–water partition coefficient (Wildman–Crippen LogP) is 1.09. The van der Waals surface area contributed by atoms with E-state index in [2.05, 4.69) is 5.32 Å². The molecular weight excluding hydrogens is 262 g/mol. The topological polar surface area (TPSA) is 95.7 Å². The molecule has 0 saturated carbocycles. The fourth-order valence-corrected chi connectivity index (χ4v) is 2.36. The first kappa shape index (κ1) is 14.3. The van der Waals surface area contributed by atoms with Gasteiger partial charge in [-0.15, -0.1) is 0 Å². The van der Waals surface area contributed by atoms with Crippen molar-refractivity contribution in [2.24, 2.45) is 5.92 Å². The maximum atomic E-state index is 12.4. The fraction of sp³-hybridized carbons (Fsp3) is 0.462. The van der Waals surface area contributed by atoms with E-state index in [-0.39, 0.29) is 29.7 Å². The van der Waals surface area contributed by atoms with E-state index in [0.29, 0.717) is 18.8 Å². The van der Waals surface area contributed by atoms with Crippen LogP contribution in [0.1, 0.15) is 16.8 Å². The number of hydrogen-bond acceptors (Lipinski definition) is 5. The van der Waals surface area contributed by atoms with Gasteiger partial charge in [-0.25, -0.2) is 0 Å². The molecule has 1 aliphatic heterocycles. The summed E-state index contributed by atoms with van der Waals surface area (Å²) < 4.78 is 0. The van der Waals surface area contributed by atoms with Crippen molar-refractivity contribution in [3.05, 3.63) is 33.9 Å². The summed E-state index contributed by atoms with van der Waals surface area (Å²) in [6.45, 7) is 0.990. The predicted molar refractivity (Wildman–Crippen MR) is 73.7 cm³/mol. The molecule has 7 nitrogen and oxygen atoms in total. The molecule has 1 saturated heterocycles. The number of benzene rings is 1. The summed E-state index contributed by atoms with van der Waals surface area (Å²) in [6, 6.07) is 4.39. The van der Waals surface area contributed by atoms with Gasteiger partial charge in [-0.05, 0) is 18.6 Å². The second-order valence-corrected chi connectivity index (χ2v) is 4.83. The lowest BCUT2D eigenvalue weighted by molar-refractivity contribution is -0.385. The summed E-state index contributed by atoms with van der Waals surface area (Å²) in [5.41, 5.74) is 0.541. The molecule has 1 aromatic rings. The first-order valence-corrected chi connectivity index (χ1v) is 6.43. The molecule has 0 aromatic heterocycles. The standard InChI is InChI=1S/C13H17N3O4/c1-14-10-2-3-12(16(19)20)11(6-10)13(18)15-5-4-9(7-15)8-17/h2-3,6,9,14,17H,4-5,7-8H2,1H3. The van der Waals surface area contributed by atoms with Crippen LogP contribution in [-0.2, 0) is 0 Å². The molecule has 1 aromatic carbocycles. The molecule has 0 radical (unpaired) electrons. The number of aliphatic hydroxyl groups excluding tert-OH is 1. The van der Waals surface area contributed by atoms with Crippen molar-refractivity contribution < 1.29 is 14.8 Å². The van der Waals surface area contributed by atoms with Gasteiger partial charge in [0.15, 0.2) is 0 Å². The van der Waals surface area contributed by atoms with E-state index >= 15 is 0 Å². The van der Waals surface area contributed by atoms with E-state index < -0.39 is 4.92 Å². The number of carbonyl (C=O) groups excluding carboxylic acids is 1. The highest BCUT2D eigenvalue weighted by atomic mass is 16.6. The Balaban J connectivity index is 2.30. The van der Waals surface area contributed by atoms with Gasteiger partial charge in [-0.3, -0.25) is 14.9 Å². The number of anilines is 1. The summed E-state index contributed by atoms with van der Waals surface area (Å²) in [4.78, 5) is 24.5. The van der Waals surface area contributed by atoms with Gasteiger partial charge in [0.1, 0.15) is 5.56 Å². The van der Waals surface area contributed by atoms with E-state index in [9.17, 15) is 14.9 Å². The van der Waals surface area contributed by atoms with E-state index in [1.54, 1.807) is 18.0 Å². The van der Waals surface area contributed by atoms with Gasteiger partial charge in [0.05, 0.1) is 4.92 Å². The summed E-state index contributed by atoms with van der Waals surface area (Å²) >= 11 is 0. The second-order valence-electron chi connectivity index (χ2n) is 4.83. The highest BCUT2D eigenvalue weighted by Gasteiger charge is 2.30. The largest absolute Gasteiger partial charge is 0.396 e. The quantitative estimate of drug-likeness (QED) is 0.635. The molecule has 1 unspecified atom stereocenters. The molecule has 108 valence electrons. The van der Waals surface area contributed by atoms with Crippen LogP contribution in [0.15, 0.2) is 18.2 Å². The molecule has 1 atom stereocenters. The molecule has 1 heterocycles. The minimum absolute atomic E-state index is 0.0302. The Morgan fingerprint density at radius 1 is 1.60 bits per heavy atom. The number of nitro groups is 1. The lowest BCUT2D eigenvalue weighted by atomic mass is 10.1. The zero-order valence-corrected chi connectivity index (χ0v) is 11.2. The molecule has 0 aliphatic carbocycles. The number of likely N-dealkylation sites (tertiary alicyclic amines) is 1. The maximum Gasteiger partial charge on any atom is 0.282 e. The third kappa shape index (κ3) is 2.72. The normalized spacial score (nSPS) is 18.1. The van der Waals surface area contributed by atoms with Crippen LogP contribution in [-0.4, -0.2) is 47.6 Å². The van der Waals surface area contributed by atoms with E-state index in [0.717, 1.165) is 6.42 Å². The number of rotatable bonds is 4. The smallest absolute Gasteiger partial charge is 0.282 e. The van der Waals surface area contributed by atoms with Crippen LogP contribution >= 0.6 is 0 Å². The Morgan fingerprint density at radius 2 is 2.35 bits per heavy atom. The molecule has 1 fully saturated rings. The van der Waals surface area contributed by atoms with Crippen molar-refractivity contribution >= 4 is 17.3 Å². The van der Waals surface area contributed by atoms with E-state index in [1.165, 1.54) is 12.1 Å². The lowest BCUT2D eigenvalue weighted by Crippen LogP contribution is -2.29. The summed E-state index contributed by atoms with van der Waals surface area (Å²) in [5.74, 6) is -0.296. The highest BCUT2D eigenvalue weighted by Crippen LogP contribution is 2.26. The van der Waals surface area contributed by atoms with Gasteiger partial charge in [0.25, 0.3) is 11.6 Å². The Kier molecular flexibility index (Phi) is 4.19. The first-order chi connectivity index (χ1) is 9.56. The zero-order valence-electron chi connectivity index (χ0n) is 11.2. The Morgan fingerprint density at radius 3 is 2.90 bits per heavy atom. The highest BCUT2D eigenvalue weighted by molar-refractivity contribution is 5.99. The van der Waals surface area contributed by atoms with Crippen molar-refractivity contribution in [2.45, 2.75) is 6.42 Å². The van der Waals surface area contributed by atoms with Crippen LogP contribution in [0.4, 0.5) is 11.4 Å². The third-order valence-corrected chi connectivity index (χ3v) is 3.54. The van der Waals surface area contributed by atoms with E-state index in [4.69, 9.17) is 5.11 Å². The molecule has 7 heteroatoms. The van der Waals surface area contributed by atoms with Crippen molar-refractivity contribution in [1.29, 1.82) is 0 Å². The lowest BCUT2D eigenvalue weighted by Gasteiger charge is -2.16. The van der Waals surface area contributed by atoms with Crippen LogP contribution in [0, 0.1) is 16.0 Å². The second kappa shape index (κ2) is 5.87. The number of hydrogen-bond donors (Lipinski definition) is 2. The molecule has 0 bridgehead atoms. The maximum absolute atomic E-state index is 12.4. The molecule has 0 spiro atoms. The number of amides is 1. The van der Waals surface area contributed by atoms with Crippen molar-refractivity contribution in [3.63, 3.8) is 0 Å². The van der Waals surface area contributed by atoms with Crippen molar-refractivity contribution in [2.75, 3.05) is 32.1 Å². The van der Waals surface area contributed by atoms with E-state index in [1.807, 2.05) is 0 Å². The number of nitrogens with one attached hydrogen (secondary N) is 1. The summed E-state index contributed by atoms with van der Waals surface area (Å²) in [5, 5.41) is 23.0. The van der Waals surface area contributed by atoms with Crippen molar-refractivity contribution in [3.8, 4) is 0 Å². The van der Waals surface area contributed by atoms with Crippen LogP contribution in [0.5, 0.6) is 0 Å². The minimum atomic E-state index is -0.549. The average Bonchev–Trinajstić information content (AvgIpc) is 2.94. The van der Waals surface area contributed by atoms with Crippen LogP contribution in [0.3, 0.4) is 0 Å². The van der Waals surface area contributed by atoms with Gasteiger partial charge in [-0.1, -0.05) is 0 Å². The molecule has 2 rings (SSSR count). The van der Waals surface area contributed by atoms with Gasteiger partial charge in [0.2, 0.25) is 0 Å². The minimum Gasteiger partial charge on any atom is -0.396 e. The Hall–Kier alpha value is -2.15. The van der Waals surface area contributed by atoms with Gasteiger partial charge in [-0.2, -0.15) is 0 Å². The SMILES string of the molecule is CNc1ccc([N+](=O)[O-])c(C(=O)N2CCC(CO)C2)c1. The number of aliphatic hydroxyl groups is 1. The summed E-state index contributed by atoms with van der Waals surface area (Å²) in [7, 11) is 1.69. The zero-order chi connectivity index (χ0) is 14.7. The monoisotopic (exact) mass is 279 g/mol. The molecule has 2 N–H and O–H groups in total. The van der Waals surface area contributed by atoms with Crippen LogP contribution in [0.2, 0.25) is 0 Å². The average molecular weight is 279 g/mol. The number of nitrogens with zero attached hydrogens (tertiary/aromatic N) is 2. The molecule has 20 heavy (non-hydrogen) atoms.